The van der Waals surface area contributed by atoms with Crippen molar-refractivity contribution in [2.75, 3.05) is 33.1 Å². The molecule has 2 aromatic heterocycles. The molecule has 168 valence electrons. The molecule has 0 radical (unpaired) electrons. The molecule has 1 aromatic carbocycles. The van der Waals surface area contributed by atoms with E-state index in [1.165, 1.54) is 4.31 Å². The second-order valence-electron chi connectivity index (χ2n) is 7.66. The molecule has 0 saturated carbocycles. The topological polar surface area (TPSA) is 102 Å². The van der Waals surface area contributed by atoms with Gasteiger partial charge in [0.15, 0.2) is 5.78 Å². The van der Waals surface area contributed by atoms with E-state index < -0.39 is 10.0 Å². The van der Waals surface area contributed by atoms with Gasteiger partial charge < -0.3 is 14.5 Å². The van der Waals surface area contributed by atoms with Gasteiger partial charge in [-0.15, -0.1) is 0 Å². The van der Waals surface area contributed by atoms with E-state index in [0.29, 0.717) is 36.6 Å². The molecule has 8 nitrogen and oxygen atoms in total. The van der Waals surface area contributed by atoms with Crippen LogP contribution in [-0.4, -0.2) is 61.6 Å². The largest absolute Gasteiger partial charge is 0.489 e. The van der Waals surface area contributed by atoms with E-state index in [2.05, 4.69) is 9.97 Å². The van der Waals surface area contributed by atoms with Crippen molar-refractivity contribution in [2.45, 2.75) is 13.0 Å². The van der Waals surface area contributed by atoms with Gasteiger partial charge in [-0.05, 0) is 17.2 Å². The Kier molecular flexibility index (Phi) is 6.40. The molecule has 0 unspecified atom stereocenters. The van der Waals surface area contributed by atoms with Crippen molar-refractivity contribution in [3.8, 4) is 17.0 Å². The average Bonchev–Trinajstić information content (AvgIpc) is 3.13. The van der Waals surface area contributed by atoms with Crippen LogP contribution in [-0.2, 0) is 27.7 Å². The molecule has 3 heterocycles. The lowest BCUT2D eigenvalue weighted by atomic mass is 9.94. The number of hydrogen-bond acceptors (Lipinski definition) is 6. The van der Waals surface area contributed by atoms with Crippen LogP contribution in [0.1, 0.15) is 27.2 Å². The highest BCUT2D eigenvalue weighted by Gasteiger charge is 2.34. The third-order valence-electron chi connectivity index (χ3n) is 5.41. The number of aromatic nitrogens is 2. The summed E-state index contributed by atoms with van der Waals surface area (Å²) in [7, 11) is -1.91. The van der Waals surface area contributed by atoms with Gasteiger partial charge in [-0.3, -0.25) is 9.78 Å². The molecule has 0 bridgehead atoms. The molecular weight excluding hydrogens is 430 g/mol. The molecule has 1 aliphatic rings. The van der Waals surface area contributed by atoms with Gasteiger partial charge >= 0.3 is 0 Å². The van der Waals surface area contributed by atoms with Crippen LogP contribution in [0.4, 0.5) is 0 Å². The SMILES string of the molecule is COCCOc1cnccc1-c1[nH]c2c(c1Cc1ccccc1)C(=O)CN(S(C)(=O)=O)C2. The van der Waals surface area contributed by atoms with Crippen molar-refractivity contribution in [2.24, 2.45) is 0 Å². The van der Waals surface area contributed by atoms with Gasteiger partial charge in [0, 0.05) is 36.5 Å². The van der Waals surface area contributed by atoms with Crippen LogP contribution in [0.2, 0.25) is 0 Å². The second-order valence-corrected chi connectivity index (χ2v) is 9.64. The van der Waals surface area contributed by atoms with Crippen molar-refractivity contribution < 1.29 is 22.7 Å². The Balaban J connectivity index is 1.84. The number of nitrogens with one attached hydrogen (secondary N) is 1. The van der Waals surface area contributed by atoms with Crippen molar-refractivity contribution >= 4 is 15.8 Å². The zero-order chi connectivity index (χ0) is 22.7. The Hall–Kier alpha value is -3.01. The molecule has 1 aliphatic heterocycles. The number of carbonyl (C=O) groups is 1. The van der Waals surface area contributed by atoms with Gasteiger partial charge in [0.05, 0.1) is 37.8 Å². The number of hydrogen-bond donors (Lipinski definition) is 1. The molecule has 3 aromatic rings. The first-order valence-corrected chi connectivity index (χ1v) is 12.1. The zero-order valence-corrected chi connectivity index (χ0v) is 18.8. The fourth-order valence-electron chi connectivity index (χ4n) is 3.90. The summed E-state index contributed by atoms with van der Waals surface area (Å²) in [5.41, 5.74) is 4.51. The summed E-state index contributed by atoms with van der Waals surface area (Å²) in [5.74, 6) is 0.339. The fraction of sp³-hybridized carbons (Fsp3) is 0.304. The normalized spacial score (nSPS) is 14.4. The number of aromatic amines is 1. The van der Waals surface area contributed by atoms with Crippen molar-refractivity contribution in [3.05, 3.63) is 71.2 Å². The zero-order valence-electron chi connectivity index (χ0n) is 18.0. The quantitative estimate of drug-likeness (QED) is 0.524. The molecule has 32 heavy (non-hydrogen) atoms. The number of carbonyl (C=O) groups excluding carboxylic acids is 1. The number of fused-ring (bicyclic) bond motifs is 1. The third kappa shape index (κ3) is 4.59. The second kappa shape index (κ2) is 9.23. The van der Waals surface area contributed by atoms with Gasteiger partial charge in [-0.2, -0.15) is 4.31 Å². The highest BCUT2D eigenvalue weighted by atomic mass is 32.2. The molecule has 0 fully saturated rings. The third-order valence-corrected chi connectivity index (χ3v) is 6.60. The fourth-order valence-corrected chi connectivity index (χ4v) is 4.62. The minimum atomic E-state index is -3.51. The predicted octanol–water partition coefficient (Wildman–Crippen LogP) is 2.65. The number of pyridine rings is 1. The lowest BCUT2D eigenvalue weighted by Gasteiger charge is -2.24. The average molecular weight is 456 g/mol. The number of ether oxygens (including phenoxy) is 2. The molecule has 0 spiro atoms. The molecule has 1 N–H and O–H groups in total. The molecule has 0 saturated heterocycles. The molecule has 0 amide bonds. The summed E-state index contributed by atoms with van der Waals surface area (Å²) < 4.78 is 36.4. The standard InChI is InChI=1S/C23H25N3O5S/c1-30-10-11-31-21-13-24-9-8-17(21)23-18(12-16-6-4-3-5-7-16)22-19(25-23)14-26(15-20(22)27)32(2,28)29/h3-9,13,25H,10-12,14-15H2,1-2H3. The highest BCUT2D eigenvalue weighted by molar-refractivity contribution is 7.88. The monoisotopic (exact) mass is 455 g/mol. The minimum absolute atomic E-state index is 0.118. The first kappa shape index (κ1) is 22.2. The predicted molar refractivity (Wildman–Crippen MR) is 120 cm³/mol. The number of ketones is 1. The molecule has 9 heteroatoms. The first-order chi connectivity index (χ1) is 15.4. The summed E-state index contributed by atoms with van der Waals surface area (Å²) >= 11 is 0. The molecule has 0 atom stereocenters. The Bertz CT molecular complexity index is 1220. The summed E-state index contributed by atoms with van der Waals surface area (Å²) in [6.45, 7) is 0.726. The lowest BCUT2D eigenvalue weighted by molar-refractivity contribution is 0.0949. The van der Waals surface area contributed by atoms with Crippen LogP contribution in [0.25, 0.3) is 11.3 Å². The van der Waals surface area contributed by atoms with E-state index in [1.54, 1.807) is 19.5 Å². The van der Waals surface area contributed by atoms with Crippen LogP contribution < -0.4 is 4.74 Å². The van der Waals surface area contributed by atoms with Crippen LogP contribution in [0.5, 0.6) is 5.75 Å². The van der Waals surface area contributed by atoms with Gasteiger partial charge in [0.25, 0.3) is 0 Å². The van der Waals surface area contributed by atoms with E-state index in [0.717, 1.165) is 28.6 Å². The van der Waals surface area contributed by atoms with Crippen LogP contribution in [0, 0.1) is 0 Å². The molecule has 4 rings (SSSR count). The Morgan fingerprint density at radius 2 is 1.91 bits per heavy atom. The van der Waals surface area contributed by atoms with Crippen molar-refractivity contribution in [1.82, 2.24) is 14.3 Å². The lowest BCUT2D eigenvalue weighted by Crippen LogP contribution is -2.38. The number of H-pyrrole nitrogens is 1. The number of benzene rings is 1. The number of methoxy groups -OCH3 is 1. The van der Waals surface area contributed by atoms with Crippen molar-refractivity contribution in [1.29, 1.82) is 0 Å². The Labute approximate surface area is 187 Å². The smallest absolute Gasteiger partial charge is 0.211 e. The van der Waals surface area contributed by atoms with Crippen LogP contribution in [0.15, 0.2) is 48.8 Å². The van der Waals surface area contributed by atoms with Gasteiger partial charge in [0.1, 0.15) is 12.4 Å². The van der Waals surface area contributed by atoms with E-state index in [1.807, 2.05) is 36.4 Å². The van der Waals surface area contributed by atoms with E-state index >= 15 is 0 Å². The number of rotatable bonds is 8. The van der Waals surface area contributed by atoms with Gasteiger partial charge in [-0.1, -0.05) is 30.3 Å². The molecule has 0 aliphatic carbocycles. The van der Waals surface area contributed by atoms with Crippen molar-refractivity contribution in [3.63, 3.8) is 0 Å². The maximum absolute atomic E-state index is 13.1. The summed E-state index contributed by atoms with van der Waals surface area (Å²) in [6, 6.07) is 11.7. The number of nitrogens with zero attached hydrogens (tertiary/aromatic N) is 2. The highest BCUT2D eigenvalue weighted by Crippen LogP contribution is 2.37. The minimum Gasteiger partial charge on any atom is -0.489 e. The summed E-state index contributed by atoms with van der Waals surface area (Å²) in [4.78, 5) is 20.6. The van der Waals surface area contributed by atoms with E-state index in [9.17, 15) is 13.2 Å². The maximum atomic E-state index is 13.1. The van der Waals surface area contributed by atoms with Crippen LogP contribution in [0.3, 0.4) is 0 Å². The Morgan fingerprint density at radius 3 is 2.62 bits per heavy atom. The van der Waals surface area contributed by atoms with Gasteiger partial charge in [-0.25, -0.2) is 8.42 Å². The maximum Gasteiger partial charge on any atom is 0.211 e. The number of Topliss-reactive ketones (excluding diaryl/α,β-unsaturated/α-hetero) is 1. The van der Waals surface area contributed by atoms with Gasteiger partial charge in [0.2, 0.25) is 10.0 Å². The van der Waals surface area contributed by atoms with E-state index in [-0.39, 0.29) is 18.9 Å². The number of sulfonamides is 1. The Morgan fingerprint density at radius 1 is 1.12 bits per heavy atom. The van der Waals surface area contributed by atoms with Crippen LogP contribution >= 0.6 is 0 Å². The first-order valence-electron chi connectivity index (χ1n) is 10.2. The summed E-state index contributed by atoms with van der Waals surface area (Å²) in [5, 5.41) is 0. The van der Waals surface area contributed by atoms with E-state index in [4.69, 9.17) is 9.47 Å². The molecular formula is C23H25N3O5S. The summed E-state index contributed by atoms with van der Waals surface area (Å²) in [6.07, 6.45) is 4.92.